The number of unbranched alkanes of at least 4 members (excludes halogenated alkanes) is 26. The molecule has 0 spiro atoms. The lowest BCUT2D eigenvalue weighted by Gasteiger charge is -2.40. The van der Waals surface area contributed by atoms with Crippen LogP contribution in [-0.2, 0) is 14.3 Å². The van der Waals surface area contributed by atoms with Crippen LogP contribution < -0.4 is 5.32 Å². The van der Waals surface area contributed by atoms with Gasteiger partial charge in [0.1, 0.15) is 24.4 Å². The van der Waals surface area contributed by atoms with Crippen LogP contribution in [0.5, 0.6) is 0 Å². The molecule has 6 N–H and O–H groups in total. The maximum Gasteiger partial charge on any atom is 0.220 e. The van der Waals surface area contributed by atoms with E-state index in [1.165, 1.54) is 148 Å². The third-order valence-electron chi connectivity index (χ3n) is 11.0. The lowest BCUT2D eigenvalue weighted by atomic mass is 9.99. The Morgan fingerprint density at radius 2 is 1.04 bits per heavy atom. The van der Waals surface area contributed by atoms with Gasteiger partial charge in [-0.3, -0.25) is 4.79 Å². The van der Waals surface area contributed by atoms with Gasteiger partial charge in [-0.15, -0.1) is 0 Å². The number of allylic oxidation sites excluding steroid dienone is 3. The molecular formula is C46H87NO8. The molecule has 0 radical (unpaired) electrons. The number of hydrogen-bond donors (Lipinski definition) is 6. The molecule has 0 aromatic heterocycles. The van der Waals surface area contributed by atoms with Crippen LogP contribution in [0.2, 0.25) is 0 Å². The van der Waals surface area contributed by atoms with Gasteiger partial charge >= 0.3 is 0 Å². The van der Waals surface area contributed by atoms with E-state index in [4.69, 9.17) is 9.47 Å². The van der Waals surface area contributed by atoms with Gasteiger partial charge in [0.15, 0.2) is 6.29 Å². The molecule has 0 aromatic rings. The van der Waals surface area contributed by atoms with Crippen molar-refractivity contribution in [3.05, 3.63) is 24.3 Å². The topological polar surface area (TPSA) is 149 Å². The molecule has 1 aliphatic rings. The second-order valence-electron chi connectivity index (χ2n) is 16.2. The summed E-state index contributed by atoms with van der Waals surface area (Å²) in [6, 6.07) is -0.815. The van der Waals surface area contributed by atoms with Crippen LogP contribution in [0.4, 0.5) is 0 Å². The summed E-state index contributed by atoms with van der Waals surface area (Å²) in [6.07, 6.45) is 36.5. The molecular weight excluding hydrogens is 695 g/mol. The number of aliphatic hydroxyl groups is 5. The monoisotopic (exact) mass is 782 g/mol. The number of carbonyl (C=O) groups excluding carboxylic acids is 1. The first-order valence-electron chi connectivity index (χ1n) is 23.1. The van der Waals surface area contributed by atoms with Crippen LogP contribution in [0, 0.1) is 0 Å². The van der Waals surface area contributed by atoms with E-state index in [2.05, 4.69) is 31.3 Å². The van der Waals surface area contributed by atoms with E-state index in [0.717, 1.165) is 38.5 Å². The molecule has 0 saturated carbocycles. The molecule has 55 heavy (non-hydrogen) atoms. The van der Waals surface area contributed by atoms with Crippen LogP contribution in [0.3, 0.4) is 0 Å². The van der Waals surface area contributed by atoms with E-state index in [-0.39, 0.29) is 12.5 Å². The molecule has 324 valence electrons. The summed E-state index contributed by atoms with van der Waals surface area (Å²) in [4.78, 5) is 12.9. The normalized spacial score (nSPS) is 21.5. The smallest absolute Gasteiger partial charge is 0.220 e. The second kappa shape index (κ2) is 37.0. The summed E-state index contributed by atoms with van der Waals surface area (Å²) >= 11 is 0. The van der Waals surface area contributed by atoms with Crippen molar-refractivity contribution in [3.63, 3.8) is 0 Å². The molecule has 1 fully saturated rings. The highest BCUT2D eigenvalue weighted by molar-refractivity contribution is 5.76. The Balaban J connectivity index is 2.34. The first-order valence-corrected chi connectivity index (χ1v) is 23.1. The number of aliphatic hydroxyl groups excluding tert-OH is 5. The van der Waals surface area contributed by atoms with E-state index < -0.39 is 49.5 Å². The van der Waals surface area contributed by atoms with Gasteiger partial charge < -0.3 is 40.3 Å². The molecule has 1 heterocycles. The standard InChI is InChI=1S/C46H87NO8/c1-3-5-7-9-11-13-15-17-18-19-20-21-22-24-26-28-30-32-34-36-42(50)47-39(38-54-46-45(53)44(52)43(51)41(37-48)55-46)40(49)35-33-31-29-27-25-23-16-14-12-10-8-6-4-2/h25,27,33,35,39-41,43-46,48-49,51-53H,3-24,26,28-32,34,36-38H2,1-2H3,(H,47,50)/b27-25+,35-33+. The van der Waals surface area contributed by atoms with Crippen LogP contribution in [0.25, 0.3) is 0 Å². The molecule has 1 aliphatic heterocycles. The van der Waals surface area contributed by atoms with Gasteiger partial charge in [-0.25, -0.2) is 0 Å². The first-order chi connectivity index (χ1) is 26.8. The number of carbonyl (C=O) groups is 1. The molecule has 7 atom stereocenters. The SMILES string of the molecule is CCCCCCCCC/C=C/CC/C=C/C(O)C(COC1OC(CO)C(O)C(O)C1O)NC(=O)CCCCCCCCCCCCCCCCCCCCC. The third kappa shape index (κ3) is 27.9. The summed E-state index contributed by atoms with van der Waals surface area (Å²) in [7, 11) is 0. The Morgan fingerprint density at radius 3 is 1.53 bits per heavy atom. The quantitative estimate of drug-likeness (QED) is 0.0268. The number of ether oxygens (including phenoxy) is 2. The molecule has 1 saturated heterocycles. The van der Waals surface area contributed by atoms with E-state index in [9.17, 15) is 30.3 Å². The number of amides is 1. The molecule has 9 nitrogen and oxygen atoms in total. The van der Waals surface area contributed by atoms with Crippen molar-refractivity contribution in [2.24, 2.45) is 0 Å². The molecule has 0 aromatic carbocycles. The highest BCUT2D eigenvalue weighted by atomic mass is 16.7. The Bertz CT molecular complexity index is 914. The van der Waals surface area contributed by atoms with Crippen molar-refractivity contribution in [1.82, 2.24) is 5.32 Å². The summed E-state index contributed by atoms with van der Waals surface area (Å²) < 4.78 is 11.2. The average Bonchev–Trinajstić information content (AvgIpc) is 3.18. The van der Waals surface area contributed by atoms with Gasteiger partial charge in [-0.2, -0.15) is 0 Å². The maximum absolute atomic E-state index is 12.9. The van der Waals surface area contributed by atoms with Crippen LogP contribution in [-0.4, -0.2) is 87.5 Å². The second-order valence-corrected chi connectivity index (χ2v) is 16.2. The Labute approximate surface area is 337 Å². The van der Waals surface area contributed by atoms with Crippen molar-refractivity contribution in [2.45, 2.75) is 249 Å². The van der Waals surface area contributed by atoms with Crippen LogP contribution in [0.15, 0.2) is 24.3 Å². The van der Waals surface area contributed by atoms with Crippen LogP contribution in [0.1, 0.15) is 206 Å². The fourth-order valence-corrected chi connectivity index (χ4v) is 7.29. The molecule has 1 rings (SSSR count). The minimum Gasteiger partial charge on any atom is -0.394 e. The first kappa shape index (κ1) is 51.7. The zero-order chi connectivity index (χ0) is 40.2. The number of hydrogen-bond acceptors (Lipinski definition) is 8. The summed E-state index contributed by atoms with van der Waals surface area (Å²) in [5.74, 6) is -0.185. The highest BCUT2D eigenvalue weighted by Crippen LogP contribution is 2.22. The lowest BCUT2D eigenvalue weighted by Crippen LogP contribution is -2.60. The fraction of sp³-hybridized carbons (Fsp3) is 0.891. The van der Waals surface area contributed by atoms with E-state index in [1.807, 2.05) is 6.08 Å². The van der Waals surface area contributed by atoms with E-state index in [1.54, 1.807) is 6.08 Å². The van der Waals surface area contributed by atoms with Gasteiger partial charge in [-0.05, 0) is 32.1 Å². The summed E-state index contributed by atoms with van der Waals surface area (Å²) in [5, 5.41) is 54.1. The molecule has 7 unspecified atom stereocenters. The fourth-order valence-electron chi connectivity index (χ4n) is 7.29. The highest BCUT2D eigenvalue weighted by Gasteiger charge is 2.44. The predicted molar refractivity (Wildman–Crippen MR) is 226 cm³/mol. The predicted octanol–water partition coefficient (Wildman–Crippen LogP) is 9.50. The van der Waals surface area contributed by atoms with Gasteiger partial charge in [0, 0.05) is 6.42 Å². The summed E-state index contributed by atoms with van der Waals surface area (Å²) in [6.45, 7) is 3.75. The van der Waals surface area contributed by atoms with Crippen molar-refractivity contribution < 1.29 is 39.8 Å². The lowest BCUT2D eigenvalue weighted by molar-refractivity contribution is -0.302. The average molecular weight is 782 g/mol. The maximum atomic E-state index is 12.9. The zero-order valence-electron chi connectivity index (χ0n) is 35.4. The largest absolute Gasteiger partial charge is 0.394 e. The van der Waals surface area contributed by atoms with Crippen molar-refractivity contribution >= 4 is 5.91 Å². The van der Waals surface area contributed by atoms with Crippen molar-refractivity contribution in [3.8, 4) is 0 Å². The Hall–Kier alpha value is -1.33. The molecule has 1 amide bonds. The van der Waals surface area contributed by atoms with Gasteiger partial charge in [0.05, 0.1) is 25.4 Å². The third-order valence-corrected chi connectivity index (χ3v) is 11.0. The van der Waals surface area contributed by atoms with Gasteiger partial charge in [0.2, 0.25) is 5.91 Å². The minimum atomic E-state index is -1.57. The van der Waals surface area contributed by atoms with Gasteiger partial charge in [-0.1, -0.05) is 192 Å². The Kier molecular flexibility index (Phi) is 34.7. The van der Waals surface area contributed by atoms with E-state index in [0.29, 0.717) is 6.42 Å². The van der Waals surface area contributed by atoms with Crippen molar-refractivity contribution in [1.29, 1.82) is 0 Å². The summed E-state index contributed by atoms with van der Waals surface area (Å²) in [5.41, 5.74) is 0. The molecule has 0 aliphatic carbocycles. The minimum absolute atomic E-state index is 0.185. The number of rotatable bonds is 38. The zero-order valence-corrected chi connectivity index (χ0v) is 35.4. The van der Waals surface area contributed by atoms with Gasteiger partial charge in [0.25, 0.3) is 0 Å². The van der Waals surface area contributed by atoms with Crippen molar-refractivity contribution in [2.75, 3.05) is 13.2 Å². The Morgan fingerprint density at radius 1 is 0.600 bits per heavy atom. The van der Waals surface area contributed by atoms with E-state index >= 15 is 0 Å². The number of nitrogens with one attached hydrogen (secondary N) is 1. The molecule has 0 bridgehead atoms. The molecule has 9 heteroatoms. The van der Waals surface area contributed by atoms with Crippen LogP contribution >= 0.6 is 0 Å².